The number of rotatable bonds is 7. The number of carbonyl (C=O) groups excluding carboxylic acids is 2. The van der Waals surface area contributed by atoms with E-state index in [-0.39, 0.29) is 17.9 Å². The normalized spacial score (nSPS) is 15.4. The minimum atomic E-state index is -0.190. The van der Waals surface area contributed by atoms with E-state index >= 15 is 0 Å². The first kappa shape index (κ1) is 23.4. The van der Waals surface area contributed by atoms with Crippen molar-refractivity contribution in [2.75, 3.05) is 24.5 Å². The molecule has 0 bridgehead atoms. The molecule has 1 saturated heterocycles. The Hall–Kier alpha value is -2.24. The summed E-state index contributed by atoms with van der Waals surface area (Å²) in [6.45, 7) is 6.44. The van der Waals surface area contributed by atoms with E-state index < -0.39 is 0 Å². The first-order valence-corrected chi connectivity index (χ1v) is 11.5. The highest BCUT2D eigenvalue weighted by Crippen LogP contribution is 2.25. The summed E-state index contributed by atoms with van der Waals surface area (Å²) in [4.78, 5) is 27.5. The van der Waals surface area contributed by atoms with Gasteiger partial charge in [0, 0.05) is 36.4 Å². The van der Waals surface area contributed by atoms with Crippen LogP contribution in [-0.4, -0.2) is 37.5 Å². The second-order valence-corrected chi connectivity index (χ2v) is 8.94. The minimum Gasteiger partial charge on any atom is -0.371 e. The van der Waals surface area contributed by atoms with E-state index in [9.17, 15) is 9.59 Å². The molecule has 1 fully saturated rings. The summed E-state index contributed by atoms with van der Waals surface area (Å²) in [5.74, 6) is 0.221. The molecule has 3 rings (SSSR count). The minimum absolute atomic E-state index is 0.0382. The van der Waals surface area contributed by atoms with Gasteiger partial charge in [-0.15, -0.1) is 0 Å². The first-order valence-electron chi connectivity index (χ1n) is 10.8. The molecule has 0 spiro atoms. The topological polar surface area (TPSA) is 61.4 Å². The highest BCUT2D eigenvalue weighted by molar-refractivity contribution is 6.36. The fraction of sp³-hybridized carbons (Fsp3) is 0.417. The van der Waals surface area contributed by atoms with Crippen LogP contribution in [0.2, 0.25) is 10.0 Å². The zero-order valence-corrected chi connectivity index (χ0v) is 19.5. The molecule has 1 aliphatic heterocycles. The van der Waals surface area contributed by atoms with E-state index in [1.54, 1.807) is 18.2 Å². The number of benzene rings is 2. The predicted octanol–water partition coefficient (Wildman–Crippen LogP) is 5.17. The summed E-state index contributed by atoms with van der Waals surface area (Å²) < 4.78 is 0. The van der Waals surface area contributed by atoms with Crippen molar-refractivity contribution in [1.82, 2.24) is 10.6 Å². The summed E-state index contributed by atoms with van der Waals surface area (Å²) >= 11 is 12.1. The van der Waals surface area contributed by atoms with Crippen molar-refractivity contribution in [2.45, 2.75) is 39.2 Å². The smallest absolute Gasteiger partial charge is 0.253 e. The van der Waals surface area contributed by atoms with Crippen LogP contribution in [0, 0.1) is 5.92 Å². The van der Waals surface area contributed by atoms with Crippen LogP contribution >= 0.6 is 23.2 Å². The molecule has 2 amide bonds. The van der Waals surface area contributed by atoms with Crippen molar-refractivity contribution in [3.8, 4) is 0 Å². The number of nitrogens with zero attached hydrogens (tertiary/aromatic N) is 1. The maximum atomic E-state index is 12.7. The third-order valence-electron chi connectivity index (χ3n) is 5.80. The SMILES string of the molecule is CC[C@@H](C)CNC(=O)c1ccccc1N1CCC(NC(=O)c2ccc(Cl)cc2Cl)CC1. The molecule has 2 aromatic rings. The average molecular weight is 462 g/mol. The number of piperidine rings is 1. The average Bonchev–Trinajstić information content (AvgIpc) is 2.77. The molecule has 166 valence electrons. The summed E-state index contributed by atoms with van der Waals surface area (Å²) in [6.07, 6.45) is 2.61. The number of nitrogens with one attached hydrogen (secondary N) is 2. The van der Waals surface area contributed by atoms with Crippen LogP contribution in [0.4, 0.5) is 5.69 Å². The third-order valence-corrected chi connectivity index (χ3v) is 6.35. The number of carbonyl (C=O) groups is 2. The van der Waals surface area contributed by atoms with Crippen molar-refractivity contribution in [1.29, 1.82) is 0 Å². The number of anilines is 1. The molecule has 1 atom stereocenters. The Morgan fingerprint density at radius 1 is 1.06 bits per heavy atom. The lowest BCUT2D eigenvalue weighted by Gasteiger charge is -2.35. The van der Waals surface area contributed by atoms with Gasteiger partial charge in [0.05, 0.1) is 16.1 Å². The molecule has 31 heavy (non-hydrogen) atoms. The van der Waals surface area contributed by atoms with Gasteiger partial charge in [-0.1, -0.05) is 55.6 Å². The van der Waals surface area contributed by atoms with Crippen molar-refractivity contribution >= 4 is 40.7 Å². The Labute approximate surface area is 194 Å². The first-order chi connectivity index (χ1) is 14.9. The van der Waals surface area contributed by atoms with Gasteiger partial charge in [0.2, 0.25) is 0 Å². The molecular weight excluding hydrogens is 433 g/mol. The van der Waals surface area contributed by atoms with Crippen molar-refractivity contribution in [3.63, 3.8) is 0 Å². The van der Waals surface area contributed by atoms with Crippen LogP contribution in [0.25, 0.3) is 0 Å². The van der Waals surface area contributed by atoms with Crippen molar-refractivity contribution in [3.05, 3.63) is 63.6 Å². The molecule has 1 heterocycles. The van der Waals surface area contributed by atoms with Gasteiger partial charge in [0.1, 0.15) is 0 Å². The van der Waals surface area contributed by atoms with E-state index in [4.69, 9.17) is 23.2 Å². The van der Waals surface area contributed by atoms with Gasteiger partial charge < -0.3 is 15.5 Å². The highest BCUT2D eigenvalue weighted by Gasteiger charge is 2.24. The zero-order chi connectivity index (χ0) is 22.4. The van der Waals surface area contributed by atoms with Gasteiger partial charge in [-0.2, -0.15) is 0 Å². The molecule has 0 aliphatic carbocycles. The Kier molecular flexibility index (Phi) is 8.22. The molecule has 0 unspecified atom stereocenters. The molecule has 0 saturated carbocycles. The molecular formula is C24H29Cl2N3O2. The van der Waals surface area contributed by atoms with Crippen LogP contribution in [0.1, 0.15) is 53.8 Å². The van der Waals surface area contributed by atoms with Crippen LogP contribution < -0.4 is 15.5 Å². The number of hydrogen-bond acceptors (Lipinski definition) is 3. The van der Waals surface area contributed by atoms with Gasteiger partial charge in [0.25, 0.3) is 11.8 Å². The predicted molar refractivity (Wildman–Crippen MR) is 127 cm³/mol. The van der Waals surface area contributed by atoms with Gasteiger partial charge in [-0.3, -0.25) is 9.59 Å². The van der Waals surface area contributed by atoms with E-state index in [1.165, 1.54) is 0 Å². The lowest BCUT2D eigenvalue weighted by atomic mass is 10.0. The molecule has 2 N–H and O–H groups in total. The lowest BCUT2D eigenvalue weighted by molar-refractivity contribution is 0.0929. The Balaban J connectivity index is 1.59. The number of para-hydroxylation sites is 1. The van der Waals surface area contributed by atoms with Crippen molar-refractivity contribution in [2.24, 2.45) is 5.92 Å². The zero-order valence-electron chi connectivity index (χ0n) is 18.0. The molecule has 2 aromatic carbocycles. The van der Waals surface area contributed by atoms with E-state index in [0.29, 0.717) is 33.6 Å². The largest absolute Gasteiger partial charge is 0.371 e. The van der Waals surface area contributed by atoms with Gasteiger partial charge in [0.15, 0.2) is 0 Å². The quantitative estimate of drug-likeness (QED) is 0.597. The molecule has 7 heteroatoms. The van der Waals surface area contributed by atoms with Gasteiger partial charge in [-0.25, -0.2) is 0 Å². The van der Waals surface area contributed by atoms with Gasteiger partial charge in [-0.05, 0) is 49.1 Å². The Bertz CT molecular complexity index is 927. The molecule has 1 aliphatic rings. The van der Waals surface area contributed by atoms with E-state index in [1.807, 2.05) is 24.3 Å². The Morgan fingerprint density at radius 3 is 2.45 bits per heavy atom. The highest BCUT2D eigenvalue weighted by atomic mass is 35.5. The maximum Gasteiger partial charge on any atom is 0.253 e. The van der Waals surface area contributed by atoms with Crippen molar-refractivity contribution < 1.29 is 9.59 Å². The lowest BCUT2D eigenvalue weighted by Crippen LogP contribution is -2.45. The molecule has 5 nitrogen and oxygen atoms in total. The number of hydrogen-bond donors (Lipinski definition) is 2. The van der Waals surface area contributed by atoms with Crippen LogP contribution in [-0.2, 0) is 0 Å². The monoisotopic (exact) mass is 461 g/mol. The van der Waals surface area contributed by atoms with Crippen LogP contribution in [0.3, 0.4) is 0 Å². The number of amides is 2. The summed E-state index contributed by atoms with van der Waals surface area (Å²) in [5.41, 5.74) is 2.06. The standard InChI is InChI=1S/C24H29Cl2N3O2/c1-3-16(2)15-27-23(30)20-6-4-5-7-22(20)29-12-10-18(11-13-29)28-24(31)19-9-8-17(25)14-21(19)26/h4-9,14,16,18H,3,10-13,15H2,1-2H3,(H,27,30)(H,28,31)/t16-/m1/s1. The van der Waals surface area contributed by atoms with Crippen LogP contribution in [0.5, 0.6) is 0 Å². The number of halogens is 2. The Morgan fingerprint density at radius 2 is 1.77 bits per heavy atom. The summed E-state index contributed by atoms with van der Waals surface area (Å²) in [5, 5.41) is 6.97. The fourth-order valence-electron chi connectivity index (χ4n) is 3.65. The second-order valence-electron chi connectivity index (χ2n) is 8.10. The third kappa shape index (κ3) is 6.14. The van der Waals surface area contributed by atoms with Gasteiger partial charge >= 0.3 is 0 Å². The summed E-state index contributed by atoms with van der Waals surface area (Å²) in [6, 6.07) is 12.6. The maximum absolute atomic E-state index is 12.7. The van der Waals surface area contributed by atoms with E-state index in [2.05, 4.69) is 29.4 Å². The fourth-order valence-corrected chi connectivity index (χ4v) is 4.14. The molecule has 0 radical (unpaired) electrons. The van der Waals surface area contributed by atoms with E-state index in [0.717, 1.165) is 38.0 Å². The molecule has 0 aromatic heterocycles. The second kappa shape index (κ2) is 10.9. The van der Waals surface area contributed by atoms with Crippen LogP contribution in [0.15, 0.2) is 42.5 Å². The summed E-state index contributed by atoms with van der Waals surface area (Å²) in [7, 11) is 0.